The van der Waals surface area contributed by atoms with Crippen LogP contribution in [0, 0.1) is 6.92 Å². The monoisotopic (exact) mass is 439 g/mol. The van der Waals surface area contributed by atoms with Gasteiger partial charge in [-0.15, -0.1) is 10.2 Å². The van der Waals surface area contributed by atoms with Gasteiger partial charge in [-0.05, 0) is 48.9 Å². The number of rotatable bonds is 9. The van der Waals surface area contributed by atoms with Gasteiger partial charge in [0.1, 0.15) is 11.6 Å². The molecular weight excluding hydrogens is 414 g/mol. The van der Waals surface area contributed by atoms with E-state index in [1.807, 2.05) is 42.8 Å². The molecule has 1 aromatic heterocycles. The minimum Gasteiger partial charge on any atom is -0.497 e. The topological polar surface area (TPSA) is 98.1 Å². The third-order valence-corrected chi connectivity index (χ3v) is 5.57. The normalized spacial score (nSPS) is 10.5. The molecule has 9 heteroatoms. The van der Waals surface area contributed by atoms with Crippen molar-refractivity contribution in [3.8, 4) is 5.75 Å². The highest BCUT2D eigenvalue weighted by Crippen LogP contribution is 2.17. The van der Waals surface area contributed by atoms with E-state index in [9.17, 15) is 9.59 Å². The van der Waals surface area contributed by atoms with Crippen molar-refractivity contribution < 1.29 is 14.3 Å². The maximum atomic E-state index is 12.2. The smallest absolute Gasteiger partial charge is 0.251 e. The SMILES string of the molecule is COc1ccc(C(=O)NCCc2nnc(SCC(=O)Nc3cccc(C)c3)n2C)cc1. The number of carbonyl (C=O) groups is 2. The van der Waals surface area contributed by atoms with Crippen molar-refractivity contribution in [1.29, 1.82) is 0 Å². The van der Waals surface area contributed by atoms with E-state index >= 15 is 0 Å². The number of ether oxygens (including phenoxy) is 1. The van der Waals surface area contributed by atoms with Crippen LogP contribution in [-0.2, 0) is 18.3 Å². The van der Waals surface area contributed by atoms with Crippen molar-refractivity contribution in [2.24, 2.45) is 7.05 Å². The Morgan fingerprint density at radius 1 is 1.13 bits per heavy atom. The summed E-state index contributed by atoms with van der Waals surface area (Å²) in [4.78, 5) is 24.4. The van der Waals surface area contributed by atoms with Crippen molar-refractivity contribution >= 4 is 29.3 Å². The van der Waals surface area contributed by atoms with Crippen molar-refractivity contribution in [2.45, 2.75) is 18.5 Å². The van der Waals surface area contributed by atoms with Gasteiger partial charge < -0.3 is 19.9 Å². The zero-order valence-electron chi connectivity index (χ0n) is 17.7. The van der Waals surface area contributed by atoms with Crippen LogP contribution < -0.4 is 15.4 Å². The lowest BCUT2D eigenvalue weighted by Gasteiger charge is -2.07. The molecule has 0 bridgehead atoms. The molecular formula is C22H25N5O3S. The van der Waals surface area contributed by atoms with Crippen LogP contribution in [0.5, 0.6) is 5.75 Å². The molecule has 0 unspecified atom stereocenters. The van der Waals surface area contributed by atoms with Gasteiger partial charge in [0.25, 0.3) is 5.91 Å². The van der Waals surface area contributed by atoms with Gasteiger partial charge in [-0.2, -0.15) is 0 Å². The first-order valence-corrected chi connectivity index (χ1v) is 10.7. The molecule has 3 aromatic rings. The molecule has 0 aliphatic carbocycles. The van der Waals surface area contributed by atoms with Gasteiger partial charge in [0, 0.05) is 31.3 Å². The number of anilines is 1. The van der Waals surface area contributed by atoms with Crippen molar-refractivity contribution in [3.63, 3.8) is 0 Å². The second-order valence-electron chi connectivity index (χ2n) is 6.90. The lowest BCUT2D eigenvalue weighted by molar-refractivity contribution is -0.113. The van der Waals surface area contributed by atoms with Gasteiger partial charge in [-0.1, -0.05) is 23.9 Å². The molecule has 0 fully saturated rings. The second kappa shape index (κ2) is 10.6. The quantitative estimate of drug-likeness (QED) is 0.498. The van der Waals surface area contributed by atoms with Gasteiger partial charge in [0.05, 0.1) is 12.9 Å². The molecule has 0 atom stereocenters. The van der Waals surface area contributed by atoms with E-state index in [0.717, 1.165) is 17.1 Å². The zero-order chi connectivity index (χ0) is 22.2. The molecule has 0 spiro atoms. The van der Waals surface area contributed by atoms with Gasteiger partial charge in [-0.3, -0.25) is 9.59 Å². The first-order valence-electron chi connectivity index (χ1n) is 9.76. The molecule has 2 N–H and O–H groups in total. The number of hydrogen-bond donors (Lipinski definition) is 2. The summed E-state index contributed by atoms with van der Waals surface area (Å²) in [5.41, 5.74) is 2.42. The zero-order valence-corrected chi connectivity index (χ0v) is 18.5. The number of thioether (sulfide) groups is 1. The minimum absolute atomic E-state index is 0.105. The Hall–Kier alpha value is -3.33. The second-order valence-corrected chi connectivity index (χ2v) is 7.84. The predicted molar refractivity (Wildman–Crippen MR) is 121 cm³/mol. The van der Waals surface area contributed by atoms with Crippen LogP contribution in [0.2, 0.25) is 0 Å². The Bertz CT molecular complexity index is 1050. The molecule has 0 saturated carbocycles. The highest BCUT2D eigenvalue weighted by atomic mass is 32.2. The molecule has 0 aliphatic heterocycles. The Morgan fingerprint density at radius 3 is 2.61 bits per heavy atom. The van der Waals surface area contributed by atoms with Gasteiger partial charge in [0.2, 0.25) is 5.91 Å². The third kappa shape index (κ3) is 6.32. The molecule has 31 heavy (non-hydrogen) atoms. The van der Waals surface area contributed by atoms with Crippen molar-refractivity contribution in [1.82, 2.24) is 20.1 Å². The van der Waals surface area contributed by atoms with E-state index < -0.39 is 0 Å². The van der Waals surface area contributed by atoms with E-state index in [0.29, 0.717) is 29.4 Å². The number of aryl methyl sites for hydroxylation is 1. The number of benzene rings is 2. The van der Waals surface area contributed by atoms with Crippen molar-refractivity contribution in [2.75, 3.05) is 24.7 Å². The molecule has 2 amide bonds. The number of carbonyl (C=O) groups excluding carboxylic acids is 2. The van der Waals surface area contributed by atoms with Crippen LogP contribution in [0.3, 0.4) is 0 Å². The van der Waals surface area contributed by atoms with Crippen molar-refractivity contribution in [3.05, 3.63) is 65.5 Å². The average Bonchev–Trinajstić information content (AvgIpc) is 3.11. The number of methoxy groups -OCH3 is 1. The summed E-state index contributed by atoms with van der Waals surface area (Å²) in [6, 6.07) is 14.6. The lowest BCUT2D eigenvalue weighted by atomic mass is 10.2. The first-order chi connectivity index (χ1) is 15.0. The fourth-order valence-electron chi connectivity index (χ4n) is 2.87. The molecule has 0 saturated heterocycles. The first kappa shape index (κ1) is 22.4. The summed E-state index contributed by atoms with van der Waals surface area (Å²) >= 11 is 1.32. The number of nitrogens with one attached hydrogen (secondary N) is 2. The van der Waals surface area contributed by atoms with E-state index in [4.69, 9.17) is 4.74 Å². The van der Waals surface area contributed by atoms with Crippen LogP contribution in [0.15, 0.2) is 53.7 Å². The van der Waals surface area contributed by atoms with E-state index in [1.165, 1.54) is 11.8 Å². The molecule has 2 aromatic carbocycles. The average molecular weight is 440 g/mol. The maximum absolute atomic E-state index is 12.2. The van der Waals surface area contributed by atoms with Crippen LogP contribution >= 0.6 is 11.8 Å². The summed E-state index contributed by atoms with van der Waals surface area (Å²) in [6.07, 6.45) is 0.529. The number of aromatic nitrogens is 3. The maximum Gasteiger partial charge on any atom is 0.251 e. The highest BCUT2D eigenvalue weighted by molar-refractivity contribution is 7.99. The standard InChI is InChI=1S/C22H25N5O3S/c1-15-5-4-6-17(13-15)24-20(28)14-31-22-26-25-19(27(22)2)11-12-23-21(29)16-7-9-18(30-3)10-8-16/h4-10,13H,11-12,14H2,1-3H3,(H,23,29)(H,24,28). The number of hydrogen-bond acceptors (Lipinski definition) is 6. The summed E-state index contributed by atoms with van der Waals surface area (Å²) in [5, 5.41) is 14.7. The van der Waals surface area contributed by atoms with Gasteiger partial charge in [-0.25, -0.2) is 0 Å². The number of amides is 2. The molecule has 0 radical (unpaired) electrons. The lowest BCUT2D eigenvalue weighted by Crippen LogP contribution is -2.26. The van der Waals surface area contributed by atoms with Crippen LogP contribution in [0.1, 0.15) is 21.7 Å². The molecule has 1 heterocycles. The minimum atomic E-state index is -0.160. The molecule has 162 valence electrons. The van der Waals surface area contributed by atoms with E-state index in [2.05, 4.69) is 20.8 Å². The third-order valence-electron chi connectivity index (χ3n) is 4.55. The summed E-state index contributed by atoms with van der Waals surface area (Å²) < 4.78 is 6.93. The highest BCUT2D eigenvalue weighted by Gasteiger charge is 2.12. The Balaban J connectivity index is 1.46. The molecule has 8 nitrogen and oxygen atoms in total. The summed E-state index contributed by atoms with van der Waals surface area (Å²) in [6.45, 7) is 2.40. The van der Waals surface area contributed by atoms with E-state index in [-0.39, 0.29) is 17.6 Å². The Kier molecular flexibility index (Phi) is 7.66. The summed E-state index contributed by atoms with van der Waals surface area (Å²) in [5.74, 6) is 1.40. The van der Waals surface area contributed by atoms with Gasteiger partial charge >= 0.3 is 0 Å². The Morgan fingerprint density at radius 2 is 1.90 bits per heavy atom. The number of nitrogens with zero attached hydrogens (tertiary/aromatic N) is 3. The summed E-state index contributed by atoms with van der Waals surface area (Å²) in [7, 11) is 3.43. The predicted octanol–water partition coefficient (Wildman–Crippen LogP) is 2.84. The molecule has 0 aliphatic rings. The fraction of sp³-hybridized carbons (Fsp3) is 0.273. The van der Waals surface area contributed by atoms with Crippen LogP contribution in [-0.4, -0.2) is 46.0 Å². The van der Waals surface area contributed by atoms with Gasteiger partial charge in [0.15, 0.2) is 5.16 Å². The molecule has 3 rings (SSSR count). The Labute approximate surface area is 185 Å². The van der Waals surface area contributed by atoms with E-state index in [1.54, 1.807) is 31.4 Å². The largest absolute Gasteiger partial charge is 0.497 e. The van der Waals surface area contributed by atoms with Crippen LogP contribution in [0.25, 0.3) is 0 Å². The fourth-order valence-corrected chi connectivity index (χ4v) is 3.60. The van der Waals surface area contributed by atoms with Crippen LogP contribution in [0.4, 0.5) is 5.69 Å².